The Morgan fingerprint density at radius 3 is 2.80 bits per heavy atom. The van der Waals surface area contributed by atoms with Crippen molar-refractivity contribution in [2.75, 3.05) is 13.6 Å². The second-order valence-corrected chi connectivity index (χ2v) is 2.97. The van der Waals surface area contributed by atoms with Crippen molar-refractivity contribution in [1.82, 2.24) is 25.1 Å². The molecule has 0 fully saturated rings. The maximum Gasteiger partial charge on any atom is 0.305 e. The van der Waals surface area contributed by atoms with Crippen LogP contribution in [0.3, 0.4) is 0 Å². The minimum absolute atomic E-state index is 0.0170. The van der Waals surface area contributed by atoms with E-state index in [0.717, 1.165) is 0 Å². The summed E-state index contributed by atoms with van der Waals surface area (Å²) >= 11 is 0. The maximum absolute atomic E-state index is 11.4. The van der Waals surface area contributed by atoms with E-state index in [4.69, 9.17) is 5.11 Å². The Hall–Kier alpha value is -1.99. The van der Waals surface area contributed by atoms with Crippen molar-refractivity contribution in [2.24, 2.45) is 0 Å². The fraction of sp³-hybridized carbons (Fsp3) is 0.571. The van der Waals surface area contributed by atoms with E-state index in [2.05, 4.69) is 15.5 Å². The molecule has 0 aliphatic rings. The highest BCUT2D eigenvalue weighted by Crippen LogP contribution is 1.91. The van der Waals surface area contributed by atoms with Gasteiger partial charge in [-0.3, -0.25) is 9.59 Å². The second kappa shape index (κ2) is 5.03. The van der Waals surface area contributed by atoms with Gasteiger partial charge in [-0.15, -0.1) is 5.10 Å². The number of likely N-dealkylation sites (N-methyl/N-ethyl adjacent to an activating group) is 1. The quantitative estimate of drug-likeness (QED) is 0.645. The lowest BCUT2D eigenvalue weighted by Crippen LogP contribution is -2.32. The van der Waals surface area contributed by atoms with Gasteiger partial charge in [-0.05, 0) is 10.4 Å². The molecule has 1 heterocycles. The summed E-state index contributed by atoms with van der Waals surface area (Å²) in [6.07, 6.45) is 1.25. The average molecular weight is 213 g/mol. The number of aliphatic carboxylic acids is 1. The van der Waals surface area contributed by atoms with Gasteiger partial charge in [-0.25, -0.2) is 4.68 Å². The Balaban J connectivity index is 2.36. The molecule has 1 aromatic heterocycles. The lowest BCUT2D eigenvalue weighted by Gasteiger charge is -2.15. The van der Waals surface area contributed by atoms with Crippen LogP contribution in [-0.4, -0.2) is 55.7 Å². The van der Waals surface area contributed by atoms with Crippen molar-refractivity contribution in [1.29, 1.82) is 0 Å². The summed E-state index contributed by atoms with van der Waals surface area (Å²) < 4.78 is 1.28. The lowest BCUT2D eigenvalue weighted by molar-refractivity contribution is -0.138. The zero-order valence-corrected chi connectivity index (χ0v) is 8.20. The molecule has 8 nitrogen and oxygen atoms in total. The monoisotopic (exact) mass is 213 g/mol. The van der Waals surface area contributed by atoms with Crippen molar-refractivity contribution in [3.8, 4) is 0 Å². The molecule has 0 atom stereocenters. The third-order valence-corrected chi connectivity index (χ3v) is 1.78. The Morgan fingerprint density at radius 2 is 2.27 bits per heavy atom. The number of hydrogen-bond donors (Lipinski definition) is 1. The van der Waals surface area contributed by atoms with E-state index in [1.807, 2.05) is 0 Å². The van der Waals surface area contributed by atoms with Crippen LogP contribution >= 0.6 is 0 Å². The second-order valence-electron chi connectivity index (χ2n) is 2.97. The van der Waals surface area contributed by atoms with Gasteiger partial charge in [-0.2, -0.15) is 0 Å². The van der Waals surface area contributed by atoms with E-state index in [-0.39, 0.29) is 25.4 Å². The van der Waals surface area contributed by atoms with E-state index in [0.29, 0.717) is 0 Å². The number of carboxylic acid groups (broad SMARTS) is 1. The van der Waals surface area contributed by atoms with Crippen molar-refractivity contribution in [2.45, 2.75) is 13.0 Å². The maximum atomic E-state index is 11.4. The van der Waals surface area contributed by atoms with Gasteiger partial charge < -0.3 is 10.0 Å². The van der Waals surface area contributed by atoms with E-state index in [1.54, 1.807) is 0 Å². The molecule has 0 unspecified atom stereocenters. The number of tetrazole rings is 1. The van der Waals surface area contributed by atoms with E-state index < -0.39 is 5.97 Å². The molecule has 8 heteroatoms. The number of amides is 1. The van der Waals surface area contributed by atoms with E-state index in [1.165, 1.54) is 23.0 Å². The third-order valence-electron chi connectivity index (χ3n) is 1.78. The predicted octanol–water partition coefficient (Wildman–Crippen LogP) is -1.39. The van der Waals surface area contributed by atoms with E-state index >= 15 is 0 Å². The highest BCUT2D eigenvalue weighted by Gasteiger charge is 2.11. The number of hydrogen-bond acceptors (Lipinski definition) is 5. The number of carbonyl (C=O) groups excluding carboxylic acids is 1. The first-order chi connectivity index (χ1) is 7.09. The van der Waals surface area contributed by atoms with Gasteiger partial charge in [0, 0.05) is 13.6 Å². The van der Waals surface area contributed by atoms with Crippen LogP contribution in [-0.2, 0) is 16.1 Å². The summed E-state index contributed by atoms with van der Waals surface area (Å²) in [5.74, 6) is -1.17. The first kappa shape index (κ1) is 11.1. The molecule has 0 aliphatic carbocycles. The molecule has 15 heavy (non-hydrogen) atoms. The number of nitrogens with zero attached hydrogens (tertiary/aromatic N) is 5. The zero-order valence-electron chi connectivity index (χ0n) is 8.20. The molecule has 82 valence electrons. The van der Waals surface area contributed by atoms with Gasteiger partial charge in [0.25, 0.3) is 0 Å². The molecule has 0 saturated heterocycles. The molecular weight excluding hydrogens is 202 g/mol. The third kappa shape index (κ3) is 3.71. The zero-order chi connectivity index (χ0) is 11.3. The SMILES string of the molecule is CN(CCC(=O)O)C(=O)Cn1cnnn1. The van der Waals surface area contributed by atoms with Crippen molar-refractivity contribution in [3.63, 3.8) is 0 Å². The minimum atomic E-state index is -0.933. The molecule has 0 spiro atoms. The Bertz CT molecular complexity index is 336. The minimum Gasteiger partial charge on any atom is -0.481 e. The fourth-order valence-corrected chi connectivity index (χ4v) is 0.900. The van der Waals surface area contributed by atoms with Crippen molar-refractivity contribution >= 4 is 11.9 Å². The summed E-state index contributed by atoms with van der Waals surface area (Å²) in [5.41, 5.74) is 0. The van der Waals surface area contributed by atoms with Crippen LogP contribution in [0.1, 0.15) is 6.42 Å². The standard InChI is InChI=1S/C7H11N5O3/c1-11(3-2-7(14)15)6(13)4-12-5-8-9-10-12/h5H,2-4H2,1H3,(H,14,15). The summed E-state index contributed by atoms with van der Waals surface area (Å²) in [7, 11) is 1.54. The average Bonchev–Trinajstić information content (AvgIpc) is 2.66. The Kier molecular flexibility index (Phi) is 3.72. The summed E-state index contributed by atoms with van der Waals surface area (Å²) in [6, 6.07) is 0. The van der Waals surface area contributed by atoms with E-state index in [9.17, 15) is 9.59 Å². The highest BCUT2D eigenvalue weighted by molar-refractivity contribution is 5.76. The highest BCUT2D eigenvalue weighted by atomic mass is 16.4. The largest absolute Gasteiger partial charge is 0.481 e. The molecule has 0 saturated carbocycles. The lowest BCUT2D eigenvalue weighted by atomic mass is 10.4. The van der Waals surface area contributed by atoms with Gasteiger partial charge in [-0.1, -0.05) is 0 Å². The van der Waals surface area contributed by atoms with Gasteiger partial charge in [0.1, 0.15) is 12.9 Å². The first-order valence-electron chi connectivity index (χ1n) is 4.26. The summed E-state index contributed by atoms with van der Waals surface area (Å²) in [6.45, 7) is 0.194. The molecule has 0 bridgehead atoms. The summed E-state index contributed by atoms with van der Waals surface area (Å²) in [4.78, 5) is 23.0. The Labute approximate surface area is 85.5 Å². The molecule has 0 aliphatic heterocycles. The molecular formula is C7H11N5O3. The van der Waals surface area contributed by atoms with Gasteiger partial charge in [0.05, 0.1) is 6.42 Å². The molecule has 0 radical (unpaired) electrons. The van der Waals surface area contributed by atoms with Crippen molar-refractivity contribution in [3.05, 3.63) is 6.33 Å². The van der Waals surface area contributed by atoms with Crippen LogP contribution in [0, 0.1) is 0 Å². The van der Waals surface area contributed by atoms with Crippen LogP contribution < -0.4 is 0 Å². The van der Waals surface area contributed by atoms with Gasteiger partial charge in [0.15, 0.2) is 0 Å². The first-order valence-corrected chi connectivity index (χ1v) is 4.26. The van der Waals surface area contributed by atoms with Crippen LogP contribution in [0.25, 0.3) is 0 Å². The van der Waals surface area contributed by atoms with Crippen LogP contribution in [0.4, 0.5) is 0 Å². The number of carbonyl (C=O) groups is 2. The fourth-order valence-electron chi connectivity index (χ4n) is 0.900. The summed E-state index contributed by atoms with van der Waals surface area (Å²) in [5, 5.41) is 18.7. The number of carboxylic acids is 1. The number of aromatic nitrogens is 4. The topological polar surface area (TPSA) is 101 Å². The molecule has 0 aromatic carbocycles. The molecule has 1 N–H and O–H groups in total. The van der Waals surface area contributed by atoms with Crippen LogP contribution in [0.2, 0.25) is 0 Å². The molecule has 1 rings (SSSR count). The normalized spacial score (nSPS) is 9.93. The van der Waals surface area contributed by atoms with Gasteiger partial charge in [0.2, 0.25) is 5.91 Å². The number of rotatable bonds is 5. The van der Waals surface area contributed by atoms with Crippen molar-refractivity contribution < 1.29 is 14.7 Å². The molecule has 1 amide bonds. The van der Waals surface area contributed by atoms with Gasteiger partial charge >= 0.3 is 5.97 Å². The van der Waals surface area contributed by atoms with Crippen LogP contribution in [0.15, 0.2) is 6.33 Å². The predicted molar refractivity (Wildman–Crippen MR) is 47.7 cm³/mol. The van der Waals surface area contributed by atoms with Crippen LogP contribution in [0.5, 0.6) is 0 Å². The Morgan fingerprint density at radius 1 is 1.53 bits per heavy atom. The molecule has 1 aromatic rings. The smallest absolute Gasteiger partial charge is 0.305 e.